The average molecular weight is 454 g/mol. The number of hydrazone groups is 1. The molecule has 0 bridgehead atoms. The molecule has 0 saturated heterocycles. The minimum atomic E-state index is -0.524. The Kier molecular flexibility index (Phi) is 6.70. The highest BCUT2D eigenvalue weighted by Gasteiger charge is 2.09. The van der Waals surface area contributed by atoms with Gasteiger partial charge in [0.25, 0.3) is 11.6 Å². The zero-order valence-corrected chi connectivity index (χ0v) is 16.7. The molecular formula is C21H16BrN3O4. The van der Waals surface area contributed by atoms with Crippen molar-refractivity contribution >= 4 is 33.7 Å². The minimum absolute atomic E-state index is 0.0839. The van der Waals surface area contributed by atoms with Gasteiger partial charge in [0.15, 0.2) is 0 Å². The molecule has 0 aliphatic rings. The fourth-order valence-electron chi connectivity index (χ4n) is 2.45. The SMILES string of the molecule is O=C(N/N=C/c1cc(Br)ccc1OCc1ccccc1)c1ccc([N+](=O)[O-])cc1. The minimum Gasteiger partial charge on any atom is -0.488 e. The van der Waals surface area contributed by atoms with Gasteiger partial charge in [0.2, 0.25) is 0 Å². The normalized spacial score (nSPS) is 10.7. The largest absolute Gasteiger partial charge is 0.488 e. The van der Waals surface area contributed by atoms with E-state index in [-0.39, 0.29) is 11.3 Å². The second-order valence-corrected chi connectivity index (χ2v) is 6.88. The Morgan fingerprint density at radius 2 is 1.83 bits per heavy atom. The van der Waals surface area contributed by atoms with E-state index in [1.54, 1.807) is 0 Å². The lowest BCUT2D eigenvalue weighted by Crippen LogP contribution is -2.17. The molecule has 0 fully saturated rings. The standard InChI is InChI=1S/C21H16BrN3O4/c22-18-8-11-20(29-14-15-4-2-1-3-5-15)17(12-18)13-23-24-21(26)16-6-9-19(10-7-16)25(27)28/h1-13H,14H2,(H,24,26)/b23-13+. The molecule has 7 nitrogen and oxygen atoms in total. The third-order valence-electron chi connectivity index (χ3n) is 3.92. The lowest BCUT2D eigenvalue weighted by Gasteiger charge is -2.09. The van der Waals surface area contributed by atoms with Gasteiger partial charge in [0, 0.05) is 27.7 Å². The van der Waals surface area contributed by atoms with Crippen LogP contribution in [0.1, 0.15) is 21.5 Å². The Labute approximate surface area is 175 Å². The van der Waals surface area contributed by atoms with Gasteiger partial charge in [-0.2, -0.15) is 5.10 Å². The summed E-state index contributed by atoms with van der Waals surface area (Å²) in [6, 6.07) is 20.5. The Morgan fingerprint density at radius 3 is 2.52 bits per heavy atom. The van der Waals surface area contributed by atoms with Gasteiger partial charge >= 0.3 is 0 Å². The summed E-state index contributed by atoms with van der Waals surface area (Å²) in [5.74, 6) is 0.142. The van der Waals surface area contributed by atoms with Crippen LogP contribution in [0, 0.1) is 10.1 Å². The monoisotopic (exact) mass is 453 g/mol. The molecule has 0 spiro atoms. The summed E-state index contributed by atoms with van der Waals surface area (Å²) in [5, 5.41) is 14.7. The van der Waals surface area contributed by atoms with E-state index in [2.05, 4.69) is 26.5 Å². The molecule has 0 aliphatic carbocycles. The number of hydrogen-bond donors (Lipinski definition) is 1. The average Bonchev–Trinajstić information content (AvgIpc) is 2.74. The fourth-order valence-corrected chi connectivity index (χ4v) is 2.83. The molecule has 8 heteroatoms. The van der Waals surface area contributed by atoms with E-state index in [4.69, 9.17) is 4.74 Å². The van der Waals surface area contributed by atoms with Crippen molar-refractivity contribution in [3.05, 3.63) is 104 Å². The Balaban J connectivity index is 1.66. The number of nitrogens with zero attached hydrogens (tertiary/aromatic N) is 2. The van der Waals surface area contributed by atoms with Crippen molar-refractivity contribution in [2.45, 2.75) is 6.61 Å². The highest BCUT2D eigenvalue weighted by Crippen LogP contribution is 2.23. The molecule has 0 radical (unpaired) electrons. The number of rotatable bonds is 7. The van der Waals surface area contributed by atoms with Crippen LogP contribution in [0.3, 0.4) is 0 Å². The smallest absolute Gasteiger partial charge is 0.271 e. The lowest BCUT2D eigenvalue weighted by atomic mass is 10.2. The maximum Gasteiger partial charge on any atom is 0.271 e. The first-order valence-electron chi connectivity index (χ1n) is 8.57. The number of amides is 1. The molecule has 0 atom stereocenters. The highest BCUT2D eigenvalue weighted by atomic mass is 79.9. The highest BCUT2D eigenvalue weighted by molar-refractivity contribution is 9.10. The van der Waals surface area contributed by atoms with Crippen LogP contribution in [0.2, 0.25) is 0 Å². The second kappa shape index (κ2) is 9.61. The van der Waals surface area contributed by atoms with E-state index in [0.717, 1.165) is 10.0 Å². The van der Waals surface area contributed by atoms with Gasteiger partial charge in [0.05, 0.1) is 11.1 Å². The van der Waals surface area contributed by atoms with Gasteiger partial charge in [-0.3, -0.25) is 14.9 Å². The number of carbonyl (C=O) groups is 1. The van der Waals surface area contributed by atoms with Crippen molar-refractivity contribution in [1.29, 1.82) is 0 Å². The van der Waals surface area contributed by atoms with E-state index >= 15 is 0 Å². The van der Waals surface area contributed by atoms with E-state index in [0.29, 0.717) is 17.9 Å². The second-order valence-electron chi connectivity index (χ2n) is 5.96. The maximum atomic E-state index is 12.1. The molecule has 0 aromatic heterocycles. The third-order valence-corrected chi connectivity index (χ3v) is 4.41. The summed E-state index contributed by atoms with van der Waals surface area (Å²) in [6.07, 6.45) is 1.48. The zero-order chi connectivity index (χ0) is 20.6. The molecule has 0 saturated carbocycles. The van der Waals surface area contributed by atoms with Crippen LogP contribution in [0.25, 0.3) is 0 Å². The van der Waals surface area contributed by atoms with Crippen LogP contribution < -0.4 is 10.2 Å². The Bertz CT molecular complexity index is 1040. The summed E-state index contributed by atoms with van der Waals surface area (Å²) < 4.78 is 6.71. The number of nitro groups is 1. The zero-order valence-electron chi connectivity index (χ0n) is 15.1. The molecule has 29 heavy (non-hydrogen) atoms. The summed E-state index contributed by atoms with van der Waals surface area (Å²) >= 11 is 3.41. The predicted molar refractivity (Wildman–Crippen MR) is 113 cm³/mol. The van der Waals surface area contributed by atoms with Crippen LogP contribution in [-0.2, 0) is 6.61 Å². The van der Waals surface area contributed by atoms with Crippen LogP contribution >= 0.6 is 15.9 Å². The fraction of sp³-hybridized carbons (Fsp3) is 0.0476. The molecule has 1 amide bonds. The molecule has 0 aliphatic heterocycles. The number of halogens is 1. The molecule has 146 valence electrons. The van der Waals surface area contributed by atoms with E-state index in [1.165, 1.54) is 30.5 Å². The van der Waals surface area contributed by atoms with Crippen molar-refractivity contribution in [3.8, 4) is 5.75 Å². The number of nitro benzene ring substituents is 1. The lowest BCUT2D eigenvalue weighted by molar-refractivity contribution is -0.384. The van der Waals surface area contributed by atoms with Crippen LogP contribution in [-0.4, -0.2) is 17.0 Å². The topological polar surface area (TPSA) is 93.8 Å². The predicted octanol–water partition coefficient (Wildman–Crippen LogP) is 4.70. The van der Waals surface area contributed by atoms with Crippen molar-refractivity contribution in [2.75, 3.05) is 0 Å². The molecule has 0 unspecified atom stereocenters. The third kappa shape index (κ3) is 5.73. The van der Waals surface area contributed by atoms with Gasteiger partial charge in [-0.05, 0) is 35.9 Å². The summed E-state index contributed by atoms with van der Waals surface area (Å²) in [7, 11) is 0. The van der Waals surface area contributed by atoms with Crippen LogP contribution in [0.5, 0.6) is 5.75 Å². The Morgan fingerprint density at radius 1 is 1.10 bits per heavy atom. The molecule has 0 heterocycles. The van der Waals surface area contributed by atoms with Crippen molar-refractivity contribution in [2.24, 2.45) is 5.10 Å². The van der Waals surface area contributed by atoms with Gasteiger partial charge in [-0.15, -0.1) is 0 Å². The molecule has 3 rings (SSSR count). The summed E-state index contributed by atoms with van der Waals surface area (Å²) in [5.41, 5.74) is 4.30. The number of nitrogens with one attached hydrogen (secondary N) is 1. The van der Waals surface area contributed by atoms with Gasteiger partial charge < -0.3 is 4.74 Å². The van der Waals surface area contributed by atoms with Crippen molar-refractivity contribution in [3.63, 3.8) is 0 Å². The van der Waals surface area contributed by atoms with E-state index in [1.807, 2.05) is 48.5 Å². The van der Waals surface area contributed by atoms with Crippen LogP contribution in [0.15, 0.2) is 82.4 Å². The van der Waals surface area contributed by atoms with Gasteiger partial charge in [0.1, 0.15) is 12.4 Å². The molecule has 3 aromatic rings. The number of carbonyl (C=O) groups excluding carboxylic acids is 1. The number of hydrogen-bond acceptors (Lipinski definition) is 5. The van der Waals surface area contributed by atoms with E-state index in [9.17, 15) is 14.9 Å². The number of benzene rings is 3. The quantitative estimate of drug-likeness (QED) is 0.318. The first kappa shape index (κ1) is 20.2. The first-order chi connectivity index (χ1) is 14.0. The Hall–Kier alpha value is -3.52. The molecular weight excluding hydrogens is 438 g/mol. The summed E-state index contributed by atoms with van der Waals surface area (Å²) in [4.78, 5) is 22.3. The maximum absolute atomic E-state index is 12.1. The molecule has 3 aromatic carbocycles. The van der Waals surface area contributed by atoms with E-state index < -0.39 is 10.8 Å². The first-order valence-corrected chi connectivity index (χ1v) is 9.36. The van der Waals surface area contributed by atoms with Gasteiger partial charge in [-0.1, -0.05) is 46.3 Å². The van der Waals surface area contributed by atoms with Crippen molar-refractivity contribution < 1.29 is 14.5 Å². The molecule has 1 N–H and O–H groups in total. The number of non-ortho nitro benzene ring substituents is 1. The van der Waals surface area contributed by atoms with Crippen molar-refractivity contribution in [1.82, 2.24) is 5.43 Å². The van der Waals surface area contributed by atoms with Gasteiger partial charge in [-0.25, -0.2) is 5.43 Å². The number of ether oxygens (including phenoxy) is 1. The van der Waals surface area contributed by atoms with Crippen LogP contribution in [0.4, 0.5) is 5.69 Å². The summed E-state index contributed by atoms with van der Waals surface area (Å²) in [6.45, 7) is 0.401.